The number of alkyl carbamates (subject to hydrolysis) is 1. The topological polar surface area (TPSA) is 95.9 Å². The summed E-state index contributed by atoms with van der Waals surface area (Å²) < 4.78 is 5.16. The molecule has 1 fully saturated rings. The van der Waals surface area contributed by atoms with Gasteiger partial charge in [0, 0.05) is 18.8 Å². The number of ether oxygens (including phenoxy) is 1. The Hall–Kier alpha value is -1.44. The molecule has 1 aliphatic heterocycles. The smallest absolute Gasteiger partial charge is 0.408 e. The van der Waals surface area contributed by atoms with Gasteiger partial charge >= 0.3 is 12.1 Å². The van der Waals surface area contributed by atoms with Crippen LogP contribution in [0.1, 0.15) is 27.2 Å². The monoisotopic (exact) mass is 332 g/mol. The van der Waals surface area contributed by atoms with Crippen molar-refractivity contribution in [1.82, 2.24) is 10.2 Å². The summed E-state index contributed by atoms with van der Waals surface area (Å²) in [5, 5.41) is 11.6. The van der Waals surface area contributed by atoms with Gasteiger partial charge in [-0.3, -0.25) is 9.59 Å². The molecule has 1 heterocycles. The number of amides is 2. The van der Waals surface area contributed by atoms with Gasteiger partial charge in [-0.1, -0.05) is 0 Å². The summed E-state index contributed by atoms with van der Waals surface area (Å²) >= 11 is 1.43. The highest BCUT2D eigenvalue weighted by molar-refractivity contribution is 7.98. The zero-order valence-corrected chi connectivity index (χ0v) is 14.2. The molecule has 0 aromatic carbocycles. The van der Waals surface area contributed by atoms with Gasteiger partial charge in [-0.15, -0.1) is 0 Å². The normalized spacial score (nSPS) is 19.6. The van der Waals surface area contributed by atoms with Gasteiger partial charge in [0.25, 0.3) is 0 Å². The molecule has 7 nitrogen and oxygen atoms in total. The highest BCUT2D eigenvalue weighted by atomic mass is 32.2. The lowest BCUT2D eigenvalue weighted by atomic mass is 10.1. The van der Waals surface area contributed by atoms with Gasteiger partial charge in [0.05, 0.1) is 5.92 Å². The third kappa shape index (κ3) is 5.75. The minimum atomic E-state index is -0.892. The molecule has 126 valence electrons. The summed E-state index contributed by atoms with van der Waals surface area (Å²) in [5.41, 5.74) is -0.640. The van der Waals surface area contributed by atoms with Crippen LogP contribution in [-0.2, 0) is 14.3 Å². The molecular formula is C14H24N2O5S. The summed E-state index contributed by atoms with van der Waals surface area (Å²) in [6.07, 6.45) is 1.63. The van der Waals surface area contributed by atoms with Gasteiger partial charge in [0.15, 0.2) is 0 Å². The van der Waals surface area contributed by atoms with E-state index in [4.69, 9.17) is 9.84 Å². The van der Waals surface area contributed by atoms with Crippen LogP contribution in [0.4, 0.5) is 4.79 Å². The first kappa shape index (κ1) is 18.6. The third-order valence-corrected chi connectivity index (χ3v) is 3.84. The van der Waals surface area contributed by atoms with Crippen LogP contribution in [0.15, 0.2) is 0 Å². The Kier molecular flexibility index (Phi) is 6.52. The van der Waals surface area contributed by atoms with Crippen molar-refractivity contribution in [3.8, 4) is 0 Å². The van der Waals surface area contributed by atoms with Crippen molar-refractivity contribution >= 4 is 29.7 Å². The van der Waals surface area contributed by atoms with Crippen LogP contribution in [-0.4, -0.2) is 64.7 Å². The largest absolute Gasteiger partial charge is 0.481 e. The number of rotatable bonds is 5. The highest BCUT2D eigenvalue weighted by Gasteiger charge is 2.35. The van der Waals surface area contributed by atoms with Crippen molar-refractivity contribution in [3.63, 3.8) is 0 Å². The van der Waals surface area contributed by atoms with Gasteiger partial charge < -0.3 is 20.1 Å². The van der Waals surface area contributed by atoms with E-state index in [2.05, 4.69) is 5.32 Å². The van der Waals surface area contributed by atoms with E-state index in [1.165, 1.54) is 16.7 Å². The minimum Gasteiger partial charge on any atom is -0.481 e. The molecule has 0 aromatic rings. The maximum Gasteiger partial charge on any atom is 0.408 e. The van der Waals surface area contributed by atoms with Gasteiger partial charge in [-0.25, -0.2) is 4.79 Å². The molecule has 0 saturated carbocycles. The molecule has 8 heteroatoms. The third-order valence-electron chi connectivity index (χ3n) is 3.17. The van der Waals surface area contributed by atoms with Crippen molar-refractivity contribution in [3.05, 3.63) is 0 Å². The molecule has 2 unspecified atom stereocenters. The van der Waals surface area contributed by atoms with Gasteiger partial charge in [-0.05, 0) is 33.4 Å². The van der Waals surface area contributed by atoms with Gasteiger partial charge in [-0.2, -0.15) is 11.8 Å². The van der Waals surface area contributed by atoms with Crippen molar-refractivity contribution in [2.75, 3.05) is 25.1 Å². The second-order valence-electron chi connectivity index (χ2n) is 6.26. The molecule has 2 amide bonds. The summed E-state index contributed by atoms with van der Waals surface area (Å²) in [6.45, 7) is 5.83. The van der Waals surface area contributed by atoms with Crippen molar-refractivity contribution in [2.24, 2.45) is 5.92 Å². The van der Waals surface area contributed by atoms with Crippen LogP contribution in [0.25, 0.3) is 0 Å². The molecule has 0 aliphatic carbocycles. The van der Waals surface area contributed by atoms with Crippen LogP contribution >= 0.6 is 11.8 Å². The predicted octanol–water partition coefficient (Wildman–Crippen LogP) is 1.18. The van der Waals surface area contributed by atoms with Crippen LogP contribution in [0.5, 0.6) is 0 Å². The molecule has 22 heavy (non-hydrogen) atoms. The molecule has 0 radical (unpaired) electrons. The van der Waals surface area contributed by atoms with Crippen LogP contribution in [0.3, 0.4) is 0 Å². The number of aliphatic carboxylic acids is 1. The second kappa shape index (κ2) is 7.71. The lowest BCUT2D eigenvalue weighted by molar-refractivity contribution is -0.141. The first-order valence-electron chi connectivity index (χ1n) is 7.14. The summed E-state index contributed by atoms with van der Waals surface area (Å²) in [6, 6.07) is -0.711. The van der Waals surface area contributed by atoms with E-state index in [1.54, 1.807) is 20.8 Å². The molecule has 1 saturated heterocycles. The maximum atomic E-state index is 12.5. The number of hydrogen-bond acceptors (Lipinski definition) is 5. The van der Waals surface area contributed by atoms with E-state index in [1.807, 2.05) is 6.26 Å². The Morgan fingerprint density at radius 1 is 1.41 bits per heavy atom. The quantitative estimate of drug-likeness (QED) is 0.785. The number of thioether (sulfide) groups is 1. The zero-order valence-electron chi connectivity index (χ0n) is 13.4. The number of nitrogens with one attached hydrogen (secondary N) is 1. The van der Waals surface area contributed by atoms with E-state index in [0.29, 0.717) is 18.7 Å². The molecule has 2 atom stereocenters. The average molecular weight is 332 g/mol. The Balaban J connectivity index is 2.64. The molecule has 2 N–H and O–H groups in total. The van der Waals surface area contributed by atoms with Crippen LogP contribution in [0, 0.1) is 5.92 Å². The average Bonchev–Trinajstić information content (AvgIpc) is 2.84. The van der Waals surface area contributed by atoms with Crippen molar-refractivity contribution in [1.29, 1.82) is 0 Å². The van der Waals surface area contributed by atoms with E-state index >= 15 is 0 Å². The number of carbonyl (C=O) groups is 3. The Bertz CT molecular complexity index is 435. The SMILES string of the molecule is CSCC(NC(=O)OC(C)(C)C)C(=O)N1CCC(C(=O)O)C1. The summed E-state index contributed by atoms with van der Waals surface area (Å²) in [7, 11) is 0. The van der Waals surface area contributed by atoms with E-state index in [-0.39, 0.29) is 12.5 Å². The van der Waals surface area contributed by atoms with Crippen LogP contribution < -0.4 is 5.32 Å². The lowest BCUT2D eigenvalue weighted by Gasteiger charge is -2.26. The number of carboxylic acids is 1. The fraction of sp³-hybridized carbons (Fsp3) is 0.786. The fourth-order valence-electron chi connectivity index (χ4n) is 2.17. The number of nitrogens with zero attached hydrogens (tertiary/aromatic N) is 1. The Morgan fingerprint density at radius 3 is 2.50 bits per heavy atom. The molecule has 1 aliphatic rings. The molecule has 1 rings (SSSR count). The minimum absolute atomic E-state index is 0.190. The standard InChI is InChI=1S/C14H24N2O5S/c1-14(2,3)21-13(20)15-10(8-22-4)11(17)16-6-5-9(7-16)12(18)19/h9-10H,5-8H2,1-4H3,(H,15,20)(H,18,19). The zero-order chi connectivity index (χ0) is 16.9. The molecule has 0 aromatic heterocycles. The Morgan fingerprint density at radius 2 is 2.05 bits per heavy atom. The first-order chi connectivity index (χ1) is 10.1. The molecule has 0 spiro atoms. The van der Waals surface area contributed by atoms with Crippen LogP contribution in [0.2, 0.25) is 0 Å². The fourth-order valence-corrected chi connectivity index (χ4v) is 2.73. The number of hydrogen-bond donors (Lipinski definition) is 2. The predicted molar refractivity (Wildman–Crippen MR) is 83.9 cm³/mol. The number of carbonyl (C=O) groups excluding carboxylic acids is 2. The maximum absolute atomic E-state index is 12.5. The van der Waals surface area contributed by atoms with Gasteiger partial charge in [0.2, 0.25) is 5.91 Å². The lowest BCUT2D eigenvalue weighted by Crippen LogP contribution is -2.50. The summed E-state index contributed by atoms with van der Waals surface area (Å²) in [5.74, 6) is -1.27. The van der Waals surface area contributed by atoms with Crippen molar-refractivity contribution < 1.29 is 24.2 Å². The highest BCUT2D eigenvalue weighted by Crippen LogP contribution is 2.18. The number of carboxylic acid groups (broad SMARTS) is 1. The molecule has 0 bridgehead atoms. The first-order valence-corrected chi connectivity index (χ1v) is 8.53. The Labute approximate surface area is 134 Å². The van der Waals surface area contributed by atoms with E-state index < -0.39 is 29.6 Å². The number of likely N-dealkylation sites (tertiary alicyclic amines) is 1. The van der Waals surface area contributed by atoms with Gasteiger partial charge in [0.1, 0.15) is 11.6 Å². The second-order valence-corrected chi connectivity index (χ2v) is 7.17. The van der Waals surface area contributed by atoms with E-state index in [9.17, 15) is 14.4 Å². The summed E-state index contributed by atoms with van der Waals surface area (Å²) in [4.78, 5) is 36.7. The van der Waals surface area contributed by atoms with E-state index in [0.717, 1.165) is 0 Å². The molecular weight excluding hydrogens is 308 g/mol. The van der Waals surface area contributed by atoms with Crippen molar-refractivity contribution in [2.45, 2.75) is 38.8 Å².